The molecule has 6 nitrogen and oxygen atoms in total. The third kappa shape index (κ3) is 4.58. The van der Waals surface area contributed by atoms with Crippen LogP contribution in [-0.2, 0) is 11.2 Å². The molecular formula is C17H19ClN2O4. The van der Waals surface area contributed by atoms with Crippen LogP contribution in [0.2, 0.25) is 5.02 Å². The van der Waals surface area contributed by atoms with Gasteiger partial charge in [-0.3, -0.25) is 4.98 Å². The van der Waals surface area contributed by atoms with Crippen LogP contribution >= 0.6 is 11.6 Å². The second-order valence-electron chi connectivity index (χ2n) is 6.28. The summed E-state index contributed by atoms with van der Waals surface area (Å²) in [7, 11) is 0. The summed E-state index contributed by atoms with van der Waals surface area (Å²) in [6.07, 6.45) is -0.305. The van der Waals surface area contributed by atoms with Crippen LogP contribution in [-0.4, -0.2) is 34.3 Å². The number of fused-ring (bicyclic) bond motifs is 1. The number of carbonyl (C=O) groups excluding carboxylic acids is 1. The molecule has 0 aliphatic carbocycles. The molecule has 1 aromatic heterocycles. The van der Waals surface area contributed by atoms with Gasteiger partial charge in [0, 0.05) is 18.4 Å². The summed E-state index contributed by atoms with van der Waals surface area (Å²) in [5.41, 5.74) is 0.400. The van der Waals surface area contributed by atoms with E-state index in [-0.39, 0.29) is 18.5 Å². The van der Waals surface area contributed by atoms with Crippen molar-refractivity contribution in [2.75, 3.05) is 6.54 Å². The highest BCUT2D eigenvalue weighted by Gasteiger charge is 2.17. The van der Waals surface area contributed by atoms with E-state index in [9.17, 15) is 14.7 Å². The van der Waals surface area contributed by atoms with Gasteiger partial charge in [-0.1, -0.05) is 23.7 Å². The van der Waals surface area contributed by atoms with Crippen molar-refractivity contribution >= 4 is 34.6 Å². The van der Waals surface area contributed by atoms with E-state index in [0.29, 0.717) is 21.6 Å². The summed E-state index contributed by atoms with van der Waals surface area (Å²) >= 11 is 6.12. The number of aromatic nitrogens is 1. The average Bonchev–Trinajstić information content (AvgIpc) is 2.45. The van der Waals surface area contributed by atoms with Crippen LogP contribution in [0.5, 0.6) is 0 Å². The molecule has 7 heteroatoms. The molecule has 0 radical (unpaired) electrons. The van der Waals surface area contributed by atoms with Crippen molar-refractivity contribution in [2.45, 2.75) is 32.8 Å². The molecule has 0 saturated carbocycles. The molecule has 2 aromatic rings. The lowest BCUT2D eigenvalue weighted by Crippen LogP contribution is -2.33. The number of pyridine rings is 1. The van der Waals surface area contributed by atoms with Gasteiger partial charge in [-0.2, -0.15) is 0 Å². The zero-order valence-electron chi connectivity index (χ0n) is 13.7. The lowest BCUT2D eigenvalue weighted by Gasteiger charge is -2.19. The molecule has 1 amide bonds. The standard InChI is InChI=1S/C17H19ClN2O4/c1-17(2,3)24-16(23)19-8-7-13-11(15(21)22)9-10-5-4-6-12(18)14(10)20-13/h4-6,9H,7-8H2,1-3H3,(H,19,23)(H,21,22). The minimum Gasteiger partial charge on any atom is -0.478 e. The Morgan fingerprint density at radius 1 is 1.33 bits per heavy atom. The van der Waals surface area contributed by atoms with Crippen molar-refractivity contribution in [3.63, 3.8) is 0 Å². The summed E-state index contributed by atoms with van der Waals surface area (Å²) in [4.78, 5) is 27.5. The third-order valence-corrected chi connectivity index (χ3v) is 3.44. The number of para-hydroxylation sites is 1. The first kappa shape index (κ1) is 18.0. The molecule has 0 unspecified atom stereocenters. The summed E-state index contributed by atoms with van der Waals surface area (Å²) in [5, 5.41) is 13.1. The van der Waals surface area contributed by atoms with Crippen LogP contribution in [0.3, 0.4) is 0 Å². The molecule has 128 valence electrons. The minimum absolute atomic E-state index is 0.0933. The molecular weight excluding hydrogens is 332 g/mol. The number of rotatable bonds is 4. The SMILES string of the molecule is CC(C)(C)OC(=O)NCCc1nc2c(Cl)cccc2cc1C(=O)O. The first-order chi connectivity index (χ1) is 11.2. The van der Waals surface area contributed by atoms with Gasteiger partial charge in [-0.05, 0) is 32.9 Å². The van der Waals surface area contributed by atoms with E-state index < -0.39 is 17.7 Å². The number of carboxylic acid groups (broad SMARTS) is 1. The predicted octanol–water partition coefficient (Wildman–Crippen LogP) is 3.65. The molecule has 0 aliphatic rings. The number of ether oxygens (including phenoxy) is 1. The number of nitrogens with one attached hydrogen (secondary N) is 1. The quantitative estimate of drug-likeness (QED) is 0.878. The maximum atomic E-state index is 11.6. The van der Waals surface area contributed by atoms with E-state index in [4.69, 9.17) is 16.3 Å². The second kappa shape index (κ2) is 7.05. The maximum absolute atomic E-state index is 11.6. The first-order valence-corrected chi connectivity index (χ1v) is 7.83. The molecule has 0 spiro atoms. The Morgan fingerprint density at radius 3 is 2.67 bits per heavy atom. The molecule has 24 heavy (non-hydrogen) atoms. The molecule has 0 aliphatic heterocycles. The molecule has 0 fully saturated rings. The van der Waals surface area contributed by atoms with Gasteiger partial charge in [-0.25, -0.2) is 9.59 Å². The zero-order chi connectivity index (χ0) is 17.9. The first-order valence-electron chi connectivity index (χ1n) is 7.45. The number of benzene rings is 1. The summed E-state index contributed by atoms with van der Waals surface area (Å²) in [6.45, 7) is 5.50. The fourth-order valence-corrected chi connectivity index (χ4v) is 2.40. The smallest absolute Gasteiger partial charge is 0.407 e. The number of hydrogen-bond acceptors (Lipinski definition) is 4. The van der Waals surface area contributed by atoms with Crippen LogP contribution in [0.15, 0.2) is 24.3 Å². The molecule has 0 saturated heterocycles. The average molecular weight is 351 g/mol. The highest BCUT2D eigenvalue weighted by Crippen LogP contribution is 2.24. The largest absolute Gasteiger partial charge is 0.478 e. The van der Waals surface area contributed by atoms with Gasteiger partial charge in [0.1, 0.15) is 5.60 Å². The lowest BCUT2D eigenvalue weighted by molar-refractivity contribution is 0.0528. The maximum Gasteiger partial charge on any atom is 0.407 e. The van der Waals surface area contributed by atoms with E-state index in [1.54, 1.807) is 45.0 Å². The number of amides is 1. The Labute approximate surface area is 144 Å². The van der Waals surface area contributed by atoms with E-state index in [1.807, 2.05) is 0 Å². The number of hydrogen-bond donors (Lipinski definition) is 2. The van der Waals surface area contributed by atoms with Crippen LogP contribution in [0, 0.1) is 0 Å². The van der Waals surface area contributed by atoms with E-state index in [2.05, 4.69) is 10.3 Å². The van der Waals surface area contributed by atoms with Crippen LogP contribution in [0.1, 0.15) is 36.8 Å². The van der Waals surface area contributed by atoms with Crippen molar-refractivity contribution in [2.24, 2.45) is 0 Å². The Hall–Kier alpha value is -2.34. The van der Waals surface area contributed by atoms with Crippen molar-refractivity contribution in [1.29, 1.82) is 0 Å². The molecule has 1 heterocycles. The number of nitrogens with zero attached hydrogens (tertiary/aromatic N) is 1. The molecule has 0 atom stereocenters. The Morgan fingerprint density at radius 2 is 2.04 bits per heavy atom. The fraction of sp³-hybridized carbons (Fsp3) is 0.353. The van der Waals surface area contributed by atoms with Crippen LogP contribution < -0.4 is 5.32 Å². The number of carbonyl (C=O) groups is 2. The van der Waals surface area contributed by atoms with E-state index >= 15 is 0 Å². The van der Waals surface area contributed by atoms with Crippen molar-refractivity contribution < 1.29 is 19.4 Å². The van der Waals surface area contributed by atoms with Gasteiger partial charge >= 0.3 is 12.1 Å². The monoisotopic (exact) mass is 350 g/mol. The zero-order valence-corrected chi connectivity index (χ0v) is 14.5. The number of halogens is 1. The van der Waals surface area contributed by atoms with Crippen LogP contribution in [0.4, 0.5) is 4.79 Å². The normalized spacial score (nSPS) is 11.3. The van der Waals surface area contributed by atoms with Crippen molar-refractivity contribution in [3.05, 3.63) is 40.5 Å². The Kier molecular flexibility index (Phi) is 5.29. The Balaban J connectivity index is 2.18. The summed E-state index contributed by atoms with van der Waals surface area (Å²) < 4.78 is 5.13. The van der Waals surface area contributed by atoms with E-state index in [0.717, 1.165) is 0 Å². The predicted molar refractivity (Wildman–Crippen MR) is 91.7 cm³/mol. The minimum atomic E-state index is -1.07. The van der Waals surface area contributed by atoms with Gasteiger partial charge in [0.25, 0.3) is 0 Å². The second-order valence-corrected chi connectivity index (χ2v) is 6.69. The van der Waals surface area contributed by atoms with Gasteiger partial charge in [0.2, 0.25) is 0 Å². The van der Waals surface area contributed by atoms with Crippen LogP contribution in [0.25, 0.3) is 10.9 Å². The Bertz CT molecular complexity index is 784. The topological polar surface area (TPSA) is 88.5 Å². The third-order valence-electron chi connectivity index (χ3n) is 3.14. The molecule has 1 aromatic carbocycles. The van der Waals surface area contributed by atoms with Gasteiger partial charge < -0.3 is 15.2 Å². The summed E-state index contributed by atoms with van der Waals surface area (Å²) in [5.74, 6) is -1.07. The van der Waals surface area contributed by atoms with Gasteiger partial charge in [0.15, 0.2) is 0 Å². The fourth-order valence-electron chi connectivity index (χ4n) is 2.17. The number of alkyl carbamates (subject to hydrolysis) is 1. The highest BCUT2D eigenvalue weighted by molar-refractivity contribution is 6.35. The lowest BCUT2D eigenvalue weighted by atomic mass is 10.1. The van der Waals surface area contributed by atoms with E-state index in [1.165, 1.54) is 0 Å². The summed E-state index contributed by atoms with van der Waals surface area (Å²) in [6, 6.07) is 6.73. The molecule has 0 bridgehead atoms. The number of aromatic carboxylic acids is 1. The van der Waals surface area contributed by atoms with Gasteiger partial charge in [-0.15, -0.1) is 0 Å². The van der Waals surface area contributed by atoms with Crippen molar-refractivity contribution in [3.8, 4) is 0 Å². The number of carboxylic acids is 1. The van der Waals surface area contributed by atoms with Crippen molar-refractivity contribution in [1.82, 2.24) is 10.3 Å². The van der Waals surface area contributed by atoms with Gasteiger partial charge in [0.05, 0.1) is 21.8 Å². The molecule has 2 rings (SSSR count). The molecule has 2 N–H and O–H groups in total. The highest BCUT2D eigenvalue weighted by atomic mass is 35.5.